The molecule has 3 aliphatic carbocycles. The lowest BCUT2D eigenvalue weighted by Gasteiger charge is -2.54. The van der Waals surface area contributed by atoms with E-state index in [1.165, 1.54) is 18.2 Å². The van der Waals surface area contributed by atoms with E-state index in [4.69, 9.17) is 27.9 Å². The average molecular weight is 551 g/mol. The number of rotatable bonds is 6. The van der Waals surface area contributed by atoms with Gasteiger partial charge in [0.05, 0.1) is 28.7 Å². The van der Waals surface area contributed by atoms with Gasteiger partial charge in [0.15, 0.2) is 0 Å². The lowest BCUT2D eigenvalue weighted by molar-refractivity contribution is -0.385. The van der Waals surface area contributed by atoms with Crippen molar-refractivity contribution in [1.82, 2.24) is 4.90 Å². The lowest BCUT2D eigenvalue weighted by Crippen LogP contribution is -2.57. The Balaban J connectivity index is 1.26. The van der Waals surface area contributed by atoms with Crippen LogP contribution in [0.25, 0.3) is 0 Å². The number of hydrogen-bond donors (Lipinski definition) is 0. The van der Waals surface area contributed by atoms with Gasteiger partial charge in [-0.15, -0.1) is 23.2 Å². The molecule has 1 fully saturated rings. The fraction of sp³-hybridized carbons (Fsp3) is 0.250. The molecule has 4 aliphatic rings. The summed E-state index contributed by atoms with van der Waals surface area (Å²) in [6.45, 7) is -0.518. The molecular formula is C28H20Cl2N2O6. The first-order valence-electron chi connectivity index (χ1n) is 12.0. The van der Waals surface area contributed by atoms with E-state index in [1.54, 1.807) is 6.07 Å². The zero-order chi connectivity index (χ0) is 26.8. The number of amides is 2. The van der Waals surface area contributed by atoms with E-state index in [-0.39, 0.29) is 30.8 Å². The molecule has 0 radical (unpaired) electrons. The Bertz CT molecular complexity index is 1420. The molecule has 3 aromatic rings. The van der Waals surface area contributed by atoms with E-state index in [0.29, 0.717) is 22.3 Å². The zero-order valence-corrected chi connectivity index (χ0v) is 21.3. The maximum absolute atomic E-state index is 13.8. The van der Waals surface area contributed by atoms with Crippen LogP contribution in [0.1, 0.15) is 34.2 Å². The monoisotopic (exact) mass is 550 g/mol. The van der Waals surface area contributed by atoms with Gasteiger partial charge in [-0.05, 0) is 28.3 Å². The number of hydrogen-bond acceptors (Lipinski definition) is 6. The van der Waals surface area contributed by atoms with Crippen LogP contribution in [0.4, 0.5) is 5.69 Å². The van der Waals surface area contributed by atoms with Crippen molar-refractivity contribution in [2.45, 2.75) is 22.8 Å². The molecule has 38 heavy (non-hydrogen) atoms. The van der Waals surface area contributed by atoms with Gasteiger partial charge in [0, 0.05) is 12.6 Å². The summed E-state index contributed by atoms with van der Waals surface area (Å²) in [5, 5.41) is 11.2. The van der Waals surface area contributed by atoms with Crippen LogP contribution in [0.2, 0.25) is 0 Å². The van der Waals surface area contributed by atoms with Crippen molar-refractivity contribution in [3.05, 3.63) is 111 Å². The molecule has 1 heterocycles. The Hall–Kier alpha value is -3.75. The van der Waals surface area contributed by atoms with Gasteiger partial charge in [-0.25, -0.2) is 0 Å². The number of alkyl halides is 2. The second-order valence-electron chi connectivity index (χ2n) is 9.59. The predicted molar refractivity (Wildman–Crippen MR) is 137 cm³/mol. The van der Waals surface area contributed by atoms with Crippen molar-refractivity contribution in [2.75, 3.05) is 6.54 Å². The third-order valence-corrected chi connectivity index (χ3v) is 9.08. The molecule has 0 aromatic heterocycles. The van der Waals surface area contributed by atoms with Gasteiger partial charge in [-0.3, -0.25) is 29.4 Å². The molecule has 0 unspecified atom stereocenters. The first-order valence-corrected chi connectivity index (χ1v) is 12.8. The molecular weight excluding hydrogens is 531 g/mol. The van der Waals surface area contributed by atoms with Gasteiger partial charge < -0.3 is 4.74 Å². The van der Waals surface area contributed by atoms with Crippen LogP contribution >= 0.6 is 23.2 Å². The third-order valence-electron chi connectivity index (χ3n) is 7.79. The molecule has 0 saturated carbocycles. The molecule has 1 saturated heterocycles. The van der Waals surface area contributed by atoms with Gasteiger partial charge in [-0.2, -0.15) is 0 Å². The SMILES string of the molecule is O=C(CCN1C(=O)[C@@H]2[C@H](C1=O)C1(Cl)c3ccccc3C2(Cl)c2ccccc21)OCc1ccccc1[N+](=O)[O-]. The predicted octanol–water partition coefficient (Wildman–Crippen LogP) is 4.62. The van der Waals surface area contributed by atoms with Crippen molar-refractivity contribution in [2.24, 2.45) is 11.8 Å². The normalized spacial score (nSPS) is 26.5. The minimum atomic E-state index is -1.29. The quantitative estimate of drug-likeness (QED) is 0.146. The second kappa shape index (κ2) is 8.64. The summed E-state index contributed by atoms with van der Waals surface area (Å²) in [5.74, 6) is -3.57. The average Bonchev–Trinajstić information content (AvgIpc) is 3.19. The highest BCUT2D eigenvalue weighted by Gasteiger charge is 2.72. The smallest absolute Gasteiger partial charge is 0.307 e. The molecule has 2 amide bonds. The number of benzene rings is 3. The van der Waals surface area contributed by atoms with Crippen LogP contribution in [0.5, 0.6) is 0 Å². The van der Waals surface area contributed by atoms with Crippen molar-refractivity contribution in [1.29, 1.82) is 0 Å². The molecule has 2 atom stereocenters. The van der Waals surface area contributed by atoms with Crippen LogP contribution in [-0.2, 0) is 35.5 Å². The fourth-order valence-electron chi connectivity index (χ4n) is 6.19. The van der Waals surface area contributed by atoms with Crippen LogP contribution in [0, 0.1) is 22.0 Å². The highest BCUT2D eigenvalue weighted by atomic mass is 35.5. The summed E-state index contributed by atoms with van der Waals surface area (Å²) in [4.78, 5) is 49.1. The summed E-state index contributed by atoms with van der Waals surface area (Å²) in [5.41, 5.74) is 2.87. The van der Waals surface area contributed by atoms with Crippen LogP contribution < -0.4 is 0 Å². The van der Waals surface area contributed by atoms with E-state index >= 15 is 0 Å². The van der Waals surface area contributed by atoms with E-state index in [1.807, 2.05) is 48.5 Å². The Morgan fingerprint density at radius 1 is 0.842 bits per heavy atom. The van der Waals surface area contributed by atoms with Crippen molar-refractivity contribution >= 4 is 46.7 Å². The Morgan fingerprint density at radius 3 is 1.76 bits per heavy atom. The van der Waals surface area contributed by atoms with Crippen molar-refractivity contribution < 1.29 is 24.0 Å². The fourth-order valence-corrected chi connectivity index (χ4v) is 7.29. The molecule has 3 aromatic carbocycles. The summed E-state index contributed by atoms with van der Waals surface area (Å²) in [6.07, 6.45) is -0.276. The van der Waals surface area contributed by atoms with E-state index in [0.717, 1.165) is 4.90 Å². The van der Waals surface area contributed by atoms with E-state index < -0.39 is 44.3 Å². The van der Waals surface area contributed by atoms with Crippen LogP contribution in [-0.4, -0.2) is 34.2 Å². The molecule has 1 aliphatic heterocycles. The van der Waals surface area contributed by atoms with E-state index in [2.05, 4.69) is 0 Å². The number of ether oxygens (including phenoxy) is 1. The molecule has 0 spiro atoms. The third kappa shape index (κ3) is 3.20. The first-order chi connectivity index (χ1) is 18.2. The number of esters is 1. The van der Waals surface area contributed by atoms with Gasteiger partial charge in [0.2, 0.25) is 11.8 Å². The molecule has 10 heteroatoms. The first kappa shape index (κ1) is 24.6. The summed E-state index contributed by atoms with van der Waals surface area (Å²) in [7, 11) is 0. The number of likely N-dealkylation sites (tertiary alicyclic amines) is 1. The molecule has 8 nitrogen and oxygen atoms in total. The number of carbonyl (C=O) groups is 3. The van der Waals surface area contributed by atoms with Gasteiger partial charge in [-0.1, -0.05) is 60.7 Å². The van der Waals surface area contributed by atoms with Gasteiger partial charge >= 0.3 is 5.97 Å². The van der Waals surface area contributed by atoms with Crippen LogP contribution in [0.3, 0.4) is 0 Å². The minimum absolute atomic E-state index is 0.163. The maximum Gasteiger partial charge on any atom is 0.307 e. The number of nitrogens with zero attached hydrogens (tertiary/aromatic N) is 2. The number of nitro groups is 1. The molecule has 7 rings (SSSR count). The number of para-hydroxylation sites is 1. The number of carbonyl (C=O) groups excluding carboxylic acids is 3. The van der Waals surface area contributed by atoms with Crippen LogP contribution in [0.15, 0.2) is 72.8 Å². The highest BCUT2D eigenvalue weighted by molar-refractivity contribution is 6.36. The molecule has 2 bridgehead atoms. The largest absolute Gasteiger partial charge is 0.460 e. The number of halogens is 2. The maximum atomic E-state index is 13.8. The van der Waals surface area contributed by atoms with Crippen molar-refractivity contribution in [3.63, 3.8) is 0 Å². The van der Waals surface area contributed by atoms with Gasteiger partial charge in [0.25, 0.3) is 5.69 Å². The minimum Gasteiger partial charge on any atom is -0.460 e. The van der Waals surface area contributed by atoms with Gasteiger partial charge in [0.1, 0.15) is 16.4 Å². The second-order valence-corrected chi connectivity index (χ2v) is 10.8. The topological polar surface area (TPSA) is 107 Å². The summed E-state index contributed by atoms with van der Waals surface area (Å²) < 4.78 is 5.22. The summed E-state index contributed by atoms with van der Waals surface area (Å²) >= 11 is 14.7. The number of nitro benzene ring substituents is 1. The molecule has 0 N–H and O–H groups in total. The lowest BCUT2D eigenvalue weighted by atomic mass is 9.54. The standard InChI is InChI=1S/C28H20Cl2N2O6/c29-27-17-8-2-3-9-18(17)28(30,20-11-5-4-10-19(20)27)24-23(27)25(34)31(26(24)35)14-13-22(33)38-15-16-7-1-6-12-21(16)32(36)37/h1-12,23-24H,13-15H2/t23-,24+,27?,28?. The summed E-state index contributed by atoms with van der Waals surface area (Å²) in [6, 6.07) is 20.6. The van der Waals surface area contributed by atoms with Crippen molar-refractivity contribution in [3.8, 4) is 0 Å². The Kier molecular flexibility index (Phi) is 5.59. The number of imide groups is 1. The Morgan fingerprint density at radius 2 is 1.29 bits per heavy atom. The highest BCUT2D eigenvalue weighted by Crippen LogP contribution is 2.69. The Labute approximate surface area is 227 Å². The zero-order valence-electron chi connectivity index (χ0n) is 19.8. The molecule has 192 valence electrons. The van der Waals surface area contributed by atoms with E-state index in [9.17, 15) is 24.5 Å².